The predicted molar refractivity (Wildman–Crippen MR) is 129 cm³/mol. The number of carbonyl (C=O) groups is 1. The Morgan fingerprint density at radius 3 is 2.48 bits per heavy atom. The number of hydrogen-bond acceptors (Lipinski definition) is 5. The highest BCUT2D eigenvalue weighted by Crippen LogP contribution is 2.33. The Balaban J connectivity index is 0.00000300. The molecule has 0 atom stereocenters. The standard InChI is InChI=1S/C21H24ClN3OS2.ClH/c1-14-5-7-17(8-6-14)27-13-19(26)25(10-9-24(3)4)21-23-20-15(2)11-16(22)12-18(20)28-21;/h5-8,11-12H,9-10,13H2,1-4H3;1H. The third-order valence-electron chi connectivity index (χ3n) is 4.33. The summed E-state index contributed by atoms with van der Waals surface area (Å²) in [5, 5.41) is 1.43. The Kier molecular flexibility index (Phi) is 8.79. The molecule has 1 aromatic heterocycles. The number of thioether (sulfide) groups is 1. The first-order chi connectivity index (χ1) is 13.3. The lowest BCUT2D eigenvalue weighted by atomic mass is 10.2. The molecule has 0 spiro atoms. The van der Waals surface area contributed by atoms with Gasteiger partial charge in [0.25, 0.3) is 0 Å². The number of hydrogen-bond donors (Lipinski definition) is 0. The van der Waals surface area contributed by atoms with Crippen molar-refractivity contribution in [2.75, 3.05) is 37.8 Å². The zero-order valence-corrected chi connectivity index (χ0v) is 20.1. The second-order valence-corrected chi connectivity index (χ2v) is 9.51. The molecule has 8 heteroatoms. The summed E-state index contributed by atoms with van der Waals surface area (Å²) in [6.07, 6.45) is 0. The van der Waals surface area contributed by atoms with E-state index in [0.29, 0.717) is 17.3 Å². The van der Waals surface area contributed by atoms with Gasteiger partial charge in [0, 0.05) is 23.0 Å². The zero-order valence-electron chi connectivity index (χ0n) is 16.9. The lowest BCUT2D eigenvalue weighted by Gasteiger charge is -2.21. The highest BCUT2D eigenvalue weighted by molar-refractivity contribution is 8.00. The maximum atomic E-state index is 13.1. The number of anilines is 1. The fourth-order valence-electron chi connectivity index (χ4n) is 2.74. The van der Waals surface area contributed by atoms with Crippen LogP contribution in [0.5, 0.6) is 0 Å². The van der Waals surface area contributed by atoms with Crippen LogP contribution in [0.4, 0.5) is 5.13 Å². The Hall–Kier alpha value is -1.31. The topological polar surface area (TPSA) is 36.4 Å². The van der Waals surface area contributed by atoms with Gasteiger partial charge in [-0.05, 0) is 57.8 Å². The minimum absolute atomic E-state index is 0. The number of carbonyl (C=O) groups excluding carboxylic acids is 1. The summed E-state index contributed by atoms with van der Waals surface area (Å²) in [6.45, 7) is 5.43. The van der Waals surface area contributed by atoms with Crippen molar-refractivity contribution in [1.82, 2.24) is 9.88 Å². The molecule has 3 aromatic rings. The monoisotopic (exact) mass is 469 g/mol. The summed E-state index contributed by atoms with van der Waals surface area (Å²) < 4.78 is 1.01. The number of aryl methyl sites for hydroxylation is 2. The van der Waals surface area contributed by atoms with Crippen LogP contribution < -0.4 is 4.90 Å². The van der Waals surface area contributed by atoms with Crippen molar-refractivity contribution in [1.29, 1.82) is 0 Å². The van der Waals surface area contributed by atoms with Crippen molar-refractivity contribution in [3.8, 4) is 0 Å². The molecule has 29 heavy (non-hydrogen) atoms. The van der Waals surface area contributed by atoms with Crippen LogP contribution in [0.1, 0.15) is 11.1 Å². The first-order valence-corrected chi connectivity index (χ1v) is 11.2. The molecule has 156 valence electrons. The molecule has 0 aliphatic rings. The van der Waals surface area contributed by atoms with Crippen LogP contribution in [-0.2, 0) is 4.79 Å². The lowest BCUT2D eigenvalue weighted by molar-refractivity contribution is -0.116. The van der Waals surface area contributed by atoms with Gasteiger partial charge in [-0.15, -0.1) is 24.2 Å². The van der Waals surface area contributed by atoms with Crippen LogP contribution in [0.25, 0.3) is 10.2 Å². The number of halogens is 2. The van der Waals surface area contributed by atoms with Crippen LogP contribution in [0, 0.1) is 13.8 Å². The van der Waals surface area contributed by atoms with Gasteiger partial charge in [0.2, 0.25) is 5.91 Å². The number of amides is 1. The predicted octanol–water partition coefficient (Wildman–Crippen LogP) is 5.68. The summed E-state index contributed by atoms with van der Waals surface area (Å²) in [6, 6.07) is 12.1. The van der Waals surface area contributed by atoms with Crippen LogP contribution in [0.2, 0.25) is 5.02 Å². The van der Waals surface area contributed by atoms with E-state index in [1.807, 2.05) is 33.2 Å². The quantitative estimate of drug-likeness (QED) is 0.417. The Bertz CT molecular complexity index is 974. The molecule has 2 aromatic carbocycles. The normalized spacial score (nSPS) is 11.0. The second kappa shape index (κ2) is 10.6. The van der Waals surface area contributed by atoms with Gasteiger partial charge in [-0.2, -0.15) is 0 Å². The number of nitrogens with zero attached hydrogens (tertiary/aromatic N) is 3. The third kappa shape index (κ3) is 6.33. The van der Waals surface area contributed by atoms with E-state index in [-0.39, 0.29) is 18.3 Å². The van der Waals surface area contributed by atoms with Crippen molar-refractivity contribution >= 4 is 68.4 Å². The van der Waals surface area contributed by atoms with Crippen molar-refractivity contribution in [3.63, 3.8) is 0 Å². The molecule has 0 aliphatic heterocycles. The van der Waals surface area contributed by atoms with Crippen molar-refractivity contribution in [2.24, 2.45) is 0 Å². The molecule has 0 radical (unpaired) electrons. The minimum atomic E-state index is 0. The first kappa shape index (κ1) is 24.0. The summed E-state index contributed by atoms with van der Waals surface area (Å²) in [7, 11) is 4.01. The van der Waals surface area contributed by atoms with Crippen LogP contribution in [0.3, 0.4) is 0 Å². The maximum absolute atomic E-state index is 13.1. The van der Waals surface area contributed by atoms with Gasteiger partial charge in [-0.1, -0.05) is 40.6 Å². The highest BCUT2D eigenvalue weighted by Gasteiger charge is 2.21. The van der Waals surface area contributed by atoms with Gasteiger partial charge in [0.05, 0.1) is 16.0 Å². The second-order valence-electron chi connectivity index (χ2n) is 7.02. The number of benzene rings is 2. The Labute approximate surface area is 191 Å². The van der Waals surface area contributed by atoms with Crippen molar-refractivity contribution in [3.05, 3.63) is 52.5 Å². The van der Waals surface area contributed by atoms with Gasteiger partial charge in [-0.25, -0.2) is 4.98 Å². The molecule has 1 amide bonds. The van der Waals surface area contributed by atoms with Gasteiger partial charge in [-0.3, -0.25) is 9.69 Å². The SMILES string of the molecule is Cc1ccc(SCC(=O)N(CCN(C)C)c2nc3c(C)cc(Cl)cc3s2)cc1.Cl. The molecule has 0 N–H and O–H groups in total. The van der Waals surface area contributed by atoms with E-state index >= 15 is 0 Å². The molecular weight excluding hydrogens is 445 g/mol. The van der Waals surface area contributed by atoms with Crippen LogP contribution in [-0.4, -0.2) is 48.7 Å². The van der Waals surface area contributed by atoms with Crippen molar-refractivity contribution < 1.29 is 4.79 Å². The van der Waals surface area contributed by atoms with Gasteiger partial charge in [0.1, 0.15) is 0 Å². The van der Waals surface area contributed by atoms with E-state index < -0.39 is 0 Å². The highest BCUT2D eigenvalue weighted by atomic mass is 35.5. The van der Waals surface area contributed by atoms with E-state index in [4.69, 9.17) is 16.6 Å². The van der Waals surface area contributed by atoms with Gasteiger partial charge >= 0.3 is 0 Å². The maximum Gasteiger partial charge on any atom is 0.239 e. The smallest absolute Gasteiger partial charge is 0.239 e. The molecule has 0 saturated heterocycles. The number of aromatic nitrogens is 1. The van der Waals surface area contributed by atoms with E-state index in [0.717, 1.165) is 32.4 Å². The number of thiazole rings is 1. The largest absolute Gasteiger partial charge is 0.308 e. The third-order valence-corrected chi connectivity index (χ3v) is 6.57. The average Bonchev–Trinajstić information content (AvgIpc) is 3.05. The molecule has 0 saturated carbocycles. The molecule has 4 nitrogen and oxygen atoms in total. The summed E-state index contributed by atoms with van der Waals surface area (Å²) >= 11 is 9.27. The molecule has 0 aliphatic carbocycles. The lowest BCUT2D eigenvalue weighted by Crippen LogP contribution is -2.37. The molecular formula is C21H25Cl2N3OS2. The molecule has 0 fully saturated rings. The van der Waals surface area contributed by atoms with E-state index in [1.165, 1.54) is 16.9 Å². The first-order valence-electron chi connectivity index (χ1n) is 9.05. The van der Waals surface area contributed by atoms with Crippen LogP contribution in [0.15, 0.2) is 41.3 Å². The van der Waals surface area contributed by atoms with E-state index in [1.54, 1.807) is 16.7 Å². The summed E-state index contributed by atoms with van der Waals surface area (Å²) in [5.41, 5.74) is 3.16. The fraction of sp³-hybridized carbons (Fsp3) is 0.333. The van der Waals surface area contributed by atoms with E-state index in [9.17, 15) is 4.79 Å². The van der Waals surface area contributed by atoms with Crippen molar-refractivity contribution in [2.45, 2.75) is 18.7 Å². The fourth-order valence-corrected chi connectivity index (χ4v) is 4.98. The Morgan fingerprint density at radius 1 is 1.14 bits per heavy atom. The zero-order chi connectivity index (χ0) is 20.3. The average molecular weight is 470 g/mol. The van der Waals surface area contributed by atoms with Gasteiger partial charge in [0.15, 0.2) is 5.13 Å². The molecule has 0 unspecified atom stereocenters. The number of fused-ring (bicyclic) bond motifs is 1. The molecule has 0 bridgehead atoms. The number of rotatable bonds is 7. The molecule has 1 heterocycles. The van der Waals surface area contributed by atoms with Gasteiger partial charge < -0.3 is 4.90 Å². The summed E-state index contributed by atoms with van der Waals surface area (Å²) in [4.78, 5) is 22.8. The molecule has 3 rings (SSSR count). The Morgan fingerprint density at radius 2 is 1.83 bits per heavy atom. The number of likely N-dealkylation sites (N-methyl/N-ethyl adjacent to an activating group) is 1. The van der Waals surface area contributed by atoms with Crippen LogP contribution >= 0.6 is 47.1 Å². The van der Waals surface area contributed by atoms with E-state index in [2.05, 4.69) is 36.1 Å². The summed E-state index contributed by atoms with van der Waals surface area (Å²) in [5.74, 6) is 0.446. The minimum Gasteiger partial charge on any atom is -0.308 e.